The van der Waals surface area contributed by atoms with Crippen molar-refractivity contribution in [2.45, 2.75) is 38.3 Å². The standard InChI is InChI=1S/C17H18O4/c1-11(15-16(2)18-20-17(15,3)21-19-16)13-9-8-12-6-4-5-7-14(12)10-13/h4-11,15H,1-3H3. The van der Waals surface area contributed by atoms with E-state index in [0.717, 1.165) is 0 Å². The molecule has 0 spiro atoms. The molecule has 2 aromatic carbocycles. The Morgan fingerprint density at radius 2 is 1.43 bits per heavy atom. The van der Waals surface area contributed by atoms with E-state index in [1.807, 2.05) is 19.9 Å². The number of hydrogen-bond acceptors (Lipinski definition) is 4. The summed E-state index contributed by atoms with van der Waals surface area (Å²) in [5.41, 5.74) is 1.22. The van der Waals surface area contributed by atoms with Gasteiger partial charge in [-0.1, -0.05) is 49.4 Å². The Bertz CT molecular complexity index is 670. The average Bonchev–Trinajstić information content (AvgIpc) is 2.92. The van der Waals surface area contributed by atoms with Gasteiger partial charge in [0.1, 0.15) is 0 Å². The van der Waals surface area contributed by atoms with Crippen LogP contribution in [-0.4, -0.2) is 11.6 Å². The predicted molar refractivity (Wildman–Crippen MR) is 77.0 cm³/mol. The van der Waals surface area contributed by atoms with Crippen molar-refractivity contribution in [3.8, 4) is 0 Å². The van der Waals surface area contributed by atoms with Crippen molar-refractivity contribution in [3.63, 3.8) is 0 Å². The zero-order valence-electron chi connectivity index (χ0n) is 12.3. The number of benzene rings is 2. The lowest BCUT2D eigenvalue weighted by molar-refractivity contribution is -0.583. The molecule has 1 unspecified atom stereocenters. The lowest BCUT2D eigenvalue weighted by Crippen LogP contribution is -2.37. The van der Waals surface area contributed by atoms with E-state index in [1.54, 1.807) is 0 Å². The van der Waals surface area contributed by atoms with E-state index >= 15 is 0 Å². The molecule has 2 bridgehead atoms. The van der Waals surface area contributed by atoms with Gasteiger partial charge < -0.3 is 0 Å². The number of hydrogen-bond donors (Lipinski definition) is 0. The lowest BCUT2D eigenvalue weighted by Gasteiger charge is -2.26. The zero-order valence-corrected chi connectivity index (χ0v) is 12.3. The van der Waals surface area contributed by atoms with E-state index in [0.29, 0.717) is 0 Å². The Morgan fingerprint density at radius 1 is 0.857 bits per heavy atom. The monoisotopic (exact) mass is 286 g/mol. The molecule has 2 saturated heterocycles. The molecule has 1 atom stereocenters. The maximum Gasteiger partial charge on any atom is 0.240 e. The van der Waals surface area contributed by atoms with Crippen molar-refractivity contribution < 1.29 is 19.6 Å². The molecular weight excluding hydrogens is 268 g/mol. The Morgan fingerprint density at radius 3 is 2.05 bits per heavy atom. The maximum absolute atomic E-state index is 5.34. The molecule has 0 radical (unpaired) electrons. The van der Waals surface area contributed by atoms with Gasteiger partial charge in [-0.15, -0.1) is 0 Å². The molecule has 110 valence electrons. The first-order valence-corrected chi connectivity index (χ1v) is 7.24. The topological polar surface area (TPSA) is 36.9 Å². The van der Waals surface area contributed by atoms with E-state index in [2.05, 4.69) is 43.3 Å². The second-order valence-electron chi connectivity index (χ2n) is 6.24. The van der Waals surface area contributed by atoms with Gasteiger partial charge in [-0.25, -0.2) is 0 Å². The second-order valence-corrected chi connectivity index (χ2v) is 6.24. The third-order valence-electron chi connectivity index (χ3n) is 4.67. The highest BCUT2D eigenvalue weighted by Gasteiger charge is 2.68. The van der Waals surface area contributed by atoms with Crippen molar-refractivity contribution in [3.05, 3.63) is 48.0 Å². The molecule has 2 heterocycles. The molecule has 4 rings (SSSR count). The molecule has 0 saturated carbocycles. The molecule has 21 heavy (non-hydrogen) atoms. The summed E-state index contributed by atoms with van der Waals surface area (Å²) >= 11 is 0. The third-order valence-corrected chi connectivity index (χ3v) is 4.67. The highest BCUT2D eigenvalue weighted by atomic mass is 17.4. The lowest BCUT2D eigenvalue weighted by atomic mass is 9.78. The van der Waals surface area contributed by atoms with Gasteiger partial charge in [0.25, 0.3) is 0 Å². The Hall–Kier alpha value is -1.46. The van der Waals surface area contributed by atoms with Crippen LogP contribution >= 0.6 is 0 Å². The van der Waals surface area contributed by atoms with Gasteiger partial charge in [-0.05, 0) is 36.1 Å². The van der Waals surface area contributed by atoms with Gasteiger partial charge >= 0.3 is 0 Å². The van der Waals surface area contributed by atoms with Crippen LogP contribution in [-0.2, 0) is 19.6 Å². The molecule has 4 heteroatoms. The molecule has 4 nitrogen and oxygen atoms in total. The van der Waals surface area contributed by atoms with Crippen LogP contribution in [0.4, 0.5) is 0 Å². The summed E-state index contributed by atoms with van der Waals surface area (Å²) in [5, 5.41) is 2.46. The third kappa shape index (κ3) is 1.84. The van der Waals surface area contributed by atoms with Crippen LogP contribution < -0.4 is 0 Å². The quantitative estimate of drug-likeness (QED) is 0.784. The molecule has 0 amide bonds. The summed E-state index contributed by atoms with van der Waals surface area (Å²) in [6, 6.07) is 14.8. The number of rotatable bonds is 2. The van der Waals surface area contributed by atoms with Crippen LogP contribution in [0.1, 0.15) is 32.3 Å². The van der Waals surface area contributed by atoms with Gasteiger partial charge in [0.15, 0.2) is 0 Å². The van der Waals surface area contributed by atoms with E-state index in [1.165, 1.54) is 16.3 Å². The SMILES string of the molecule is CC(c1ccc2ccccc2c1)C1C2(C)OOC1(C)OO2. The van der Waals surface area contributed by atoms with Gasteiger partial charge in [-0.2, -0.15) is 19.6 Å². The smallest absolute Gasteiger partial charge is 0.195 e. The van der Waals surface area contributed by atoms with E-state index in [9.17, 15) is 0 Å². The maximum atomic E-state index is 5.34. The predicted octanol–water partition coefficient (Wildman–Crippen LogP) is 3.92. The second kappa shape index (κ2) is 4.27. The number of fused-ring (bicyclic) bond motifs is 3. The van der Waals surface area contributed by atoms with E-state index in [4.69, 9.17) is 19.6 Å². The van der Waals surface area contributed by atoms with Gasteiger partial charge in [0, 0.05) is 0 Å². The fraction of sp³-hybridized carbons (Fsp3) is 0.412. The molecular formula is C17H18O4. The van der Waals surface area contributed by atoms with Crippen LogP contribution in [0.3, 0.4) is 0 Å². The molecule has 0 aliphatic carbocycles. The summed E-state index contributed by atoms with van der Waals surface area (Å²) in [5.74, 6) is -1.58. The van der Waals surface area contributed by atoms with Gasteiger partial charge in [0.05, 0.1) is 5.92 Å². The van der Waals surface area contributed by atoms with Gasteiger partial charge in [-0.3, -0.25) is 0 Å². The first-order chi connectivity index (χ1) is 10.0. The Kier molecular flexibility index (Phi) is 2.69. The summed E-state index contributed by atoms with van der Waals surface area (Å²) < 4.78 is 0. The van der Waals surface area contributed by atoms with Gasteiger partial charge in [0.2, 0.25) is 11.6 Å². The fourth-order valence-electron chi connectivity index (χ4n) is 3.63. The highest BCUT2D eigenvalue weighted by molar-refractivity contribution is 5.83. The molecule has 2 fully saturated rings. The fourth-order valence-corrected chi connectivity index (χ4v) is 3.63. The van der Waals surface area contributed by atoms with E-state index < -0.39 is 11.6 Å². The molecule has 2 aliphatic rings. The summed E-state index contributed by atoms with van der Waals surface area (Å²) in [6.07, 6.45) is 0. The van der Waals surface area contributed by atoms with Crippen LogP contribution in [0.25, 0.3) is 10.8 Å². The summed E-state index contributed by atoms with van der Waals surface area (Å²) in [4.78, 5) is 21.4. The molecule has 0 aromatic heterocycles. The summed E-state index contributed by atoms with van der Waals surface area (Å²) in [7, 11) is 0. The van der Waals surface area contributed by atoms with Crippen LogP contribution in [0.5, 0.6) is 0 Å². The van der Waals surface area contributed by atoms with Crippen LogP contribution in [0.15, 0.2) is 42.5 Å². The first-order valence-electron chi connectivity index (χ1n) is 7.24. The summed E-state index contributed by atoms with van der Waals surface area (Å²) in [6.45, 7) is 5.86. The Labute approximate surface area is 123 Å². The highest BCUT2D eigenvalue weighted by Crippen LogP contribution is 2.55. The van der Waals surface area contributed by atoms with Crippen molar-refractivity contribution in [1.82, 2.24) is 0 Å². The molecule has 2 aliphatic heterocycles. The Balaban J connectivity index is 1.75. The van der Waals surface area contributed by atoms with Crippen LogP contribution in [0.2, 0.25) is 0 Å². The normalized spacial score (nSPS) is 36.2. The van der Waals surface area contributed by atoms with Crippen molar-refractivity contribution in [2.24, 2.45) is 5.92 Å². The minimum Gasteiger partial charge on any atom is -0.195 e. The van der Waals surface area contributed by atoms with Crippen molar-refractivity contribution in [1.29, 1.82) is 0 Å². The largest absolute Gasteiger partial charge is 0.240 e. The first kappa shape index (κ1) is 13.2. The minimum absolute atomic E-state index is 0.0360. The average molecular weight is 286 g/mol. The van der Waals surface area contributed by atoms with Crippen LogP contribution in [0, 0.1) is 5.92 Å². The minimum atomic E-state index is -0.861. The zero-order chi connectivity index (χ0) is 14.7. The molecule has 2 aromatic rings. The van der Waals surface area contributed by atoms with Crippen molar-refractivity contribution >= 4 is 10.8 Å². The van der Waals surface area contributed by atoms with E-state index in [-0.39, 0.29) is 11.8 Å². The van der Waals surface area contributed by atoms with Crippen molar-refractivity contribution in [2.75, 3.05) is 0 Å². The molecule has 0 N–H and O–H groups in total.